The molecule has 1 aliphatic heterocycles. The van der Waals surface area contributed by atoms with Crippen molar-refractivity contribution in [3.63, 3.8) is 0 Å². The van der Waals surface area contributed by atoms with Gasteiger partial charge in [-0.1, -0.05) is 12.0 Å². The summed E-state index contributed by atoms with van der Waals surface area (Å²) in [6, 6.07) is 5.74. The van der Waals surface area contributed by atoms with E-state index >= 15 is 0 Å². The standard InChI is InChI=1S/C13H14N2O/c1-2-8-15-13(16)11-5-3-7-12-10(11)6-4-9-14-12/h1,3,5,7,14H,4,6,8-9H2,(H,15,16). The molecule has 1 aliphatic rings. The molecule has 0 unspecified atom stereocenters. The van der Waals surface area contributed by atoms with Crippen molar-refractivity contribution in [3.8, 4) is 12.3 Å². The molecule has 3 heteroatoms. The number of amides is 1. The summed E-state index contributed by atoms with van der Waals surface area (Å²) in [6.45, 7) is 1.25. The number of carbonyl (C=O) groups excluding carboxylic acids is 1. The number of hydrogen-bond donors (Lipinski definition) is 2. The van der Waals surface area contributed by atoms with Gasteiger partial charge in [-0.15, -0.1) is 6.42 Å². The van der Waals surface area contributed by atoms with Gasteiger partial charge < -0.3 is 10.6 Å². The second-order valence-electron chi connectivity index (χ2n) is 3.75. The van der Waals surface area contributed by atoms with Gasteiger partial charge in [-0.25, -0.2) is 0 Å². The molecule has 0 aromatic heterocycles. The molecule has 0 saturated heterocycles. The average Bonchev–Trinajstić information content (AvgIpc) is 2.35. The Morgan fingerprint density at radius 3 is 3.25 bits per heavy atom. The molecular formula is C13H14N2O. The van der Waals surface area contributed by atoms with Gasteiger partial charge in [0.1, 0.15) is 0 Å². The SMILES string of the molecule is C#CCNC(=O)c1cccc2c1CCCN2. The molecule has 0 atom stereocenters. The summed E-state index contributed by atoms with van der Waals surface area (Å²) in [5.74, 6) is 2.32. The van der Waals surface area contributed by atoms with Gasteiger partial charge in [0, 0.05) is 17.8 Å². The number of carbonyl (C=O) groups is 1. The van der Waals surface area contributed by atoms with E-state index < -0.39 is 0 Å². The van der Waals surface area contributed by atoms with Gasteiger partial charge in [-0.2, -0.15) is 0 Å². The fraction of sp³-hybridized carbons (Fsp3) is 0.308. The molecule has 16 heavy (non-hydrogen) atoms. The highest BCUT2D eigenvalue weighted by Crippen LogP contribution is 2.25. The maximum absolute atomic E-state index is 11.8. The third-order valence-electron chi connectivity index (χ3n) is 2.69. The van der Waals surface area contributed by atoms with Gasteiger partial charge in [-0.05, 0) is 30.5 Å². The summed E-state index contributed by atoms with van der Waals surface area (Å²) >= 11 is 0. The highest BCUT2D eigenvalue weighted by molar-refractivity contribution is 5.97. The minimum absolute atomic E-state index is 0.0847. The predicted octanol–water partition coefficient (Wildman–Crippen LogP) is 1.41. The summed E-state index contributed by atoms with van der Waals surface area (Å²) in [5, 5.41) is 5.99. The first-order valence-corrected chi connectivity index (χ1v) is 5.40. The topological polar surface area (TPSA) is 41.1 Å². The smallest absolute Gasteiger partial charge is 0.252 e. The summed E-state index contributed by atoms with van der Waals surface area (Å²) in [5.41, 5.74) is 2.91. The molecule has 3 nitrogen and oxygen atoms in total. The van der Waals surface area contributed by atoms with Crippen LogP contribution in [0, 0.1) is 12.3 Å². The van der Waals surface area contributed by atoms with Crippen molar-refractivity contribution >= 4 is 11.6 Å². The van der Waals surface area contributed by atoms with Crippen molar-refractivity contribution in [1.29, 1.82) is 0 Å². The van der Waals surface area contributed by atoms with E-state index in [1.54, 1.807) is 0 Å². The van der Waals surface area contributed by atoms with Crippen LogP contribution in [0.15, 0.2) is 18.2 Å². The van der Waals surface area contributed by atoms with Gasteiger partial charge in [-0.3, -0.25) is 4.79 Å². The third kappa shape index (κ3) is 2.01. The minimum Gasteiger partial charge on any atom is -0.385 e. The zero-order valence-corrected chi connectivity index (χ0v) is 9.05. The number of rotatable bonds is 2. The Morgan fingerprint density at radius 2 is 2.44 bits per heavy atom. The molecule has 0 fully saturated rings. The third-order valence-corrected chi connectivity index (χ3v) is 2.69. The molecule has 1 aromatic carbocycles. The van der Waals surface area contributed by atoms with Gasteiger partial charge in [0.15, 0.2) is 0 Å². The van der Waals surface area contributed by atoms with Crippen LogP contribution in [0.1, 0.15) is 22.3 Å². The summed E-state index contributed by atoms with van der Waals surface area (Å²) in [4.78, 5) is 11.8. The molecule has 1 heterocycles. The van der Waals surface area contributed by atoms with Crippen molar-refractivity contribution in [2.75, 3.05) is 18.4 Å². The number of benzene rings is 1. The van der Waals surface area contributed by atoms with Crippen molar-refractivity contribution in [1.82, 2.24) is 5.32 Å². The molecule has 2 rings (SSSR count). The van der Waals surface area contributed by atoms with E-state index in [0.29, 0.717) is 0 Å². The highest BCUT2D eigenvalue weighted by atomic mass is 16.1. The van der Waals surface area contributed by atoms with Crippen LogP contribution >= 0.6 is 0 Å². The molecule has 0 bridgehead atoms. The Labute approximate surface area is 95.2 Å². The second kappa shape index (κ2) is 4.71. The lowest BCUT2D eigenvalue weighted by Crippen LogP contribution is -2.26. The van der Waals surface area contributed by atoms with E-state index in [2.05, 4.69) is 16.6 Å². The van der Waals surface area contributed by atoms with Gasteiger partial charge in [0.2, 0.25) is 0 Å². The molecule has 0 saturated carbocycles. The van der Waals surface area contributed by atoms with Crippen LogP contribution in [0.3, 0.4) is 0 Å². The van der Waals surface area contributed by atoms with Crippen molar-refractivity contribution in [2.45, 2.75) is 12.8 Å². The minimum atomic E-state index is -0.0847. The Hall–Kier alpha value is -1.95. The molecule has 1 aromatic rings. The molecule has 2 N–H and O–H groups in total. The maximum atomic E-state index is 11.8. The van der Waals surface area contributed by atoms with Crippen molar-refractivity contribution in [2.24, 2.45) is 0 Å². The van der Waals surface area contributed by atoms with E-state index in [0.717, 1.165) is 36.2 Å². The Morgan fingerprint density at radius 1 is 1.56 bits per heavy atom. The van der Waals surface area contributed by atoms with Crippen LogP contribution in [0.25, 0.3) is 0 Å². The summed E-state index contributed by atoms with van der Waals surface area (Å²) < 4.78 is 0. The molecule has 1 amide bonds. The van der Waals surface area contributed by atoms with Crippen LogP contribution in [0.5, 0.6) is 0 Å². The summed E-state index contributed by atoms with van der Waals surface area (Å²) in [6.07, 6.45) is 7.12. The second-order valence-corrected chi connectivity index (χ2v) is 3.75. The number of terminal acetylenes is 1. The van der Waals surface area contributed by atoms with E-state index in [9.17, 15) is 4.79 Å². The van der Waals surface area contributed by atoms with Crippen molar-refractivity contribution < 1.29 is 4.79 Å². The number of fused-ring (bicyclic) bond motifs is 1. The fourth-order valence-corrected chi connectivity index (χ4v) is 1.95. The first kappa shape index (κ1) is 10.6. The fourth-order valence-electron chi connectivity index (χ4n) is 1.95. The molecule has 0 radical (unpaired) electrons. The predicted molar refractivity (Wildman–Crippen MR) is 64.4 cm³/mol. The molecule has 0 spiro atoms. The Bertz CT molecular complexity index is 446. The monoisotopic (exact) mass is 214 g/mol. The number of anilines is 1. The van der Waals surface area contributed by atoms with Crippen LogP contribution in [-0.4, -0.2) is 19.0 Å². The van der Waals surface area contributed by atoms with E-state index in [1.807, 2.05) is 18.2 Å². The average molecular weight is 214 g/mol. The highest BCUT2D eigenvalue weighted by Gasteiger charge is 2.16. The van der Waals surface area contributed by atoms with Crippen LogP contribution in [-0.2, 0) is 6.42 Å². The lowest BCUT2D eigenvalue weighted by atomic mass is 9.97. The first-order chi connectivity index (χ1) is 7.83. The van der Waals surface area contributed by atoms with Gasteiger partial charge in [0.05, 0.1) is 6.54 Å². The number of nitrogens with one attached hydrogen (secondary N) is 2. The largest absolute Gasteiger partial charge is 0.385 e. The van der Waals surface area contributed by atoms with Gasteiger partial charge >= 0.3 is 0 Å². The molecular weight excluding hydrogens is 200 g/mol. The quantitative estimate of drug-likeness (QED) is 0.731. The molecule has 0 aliphatic carbocycles. The van der Waals surface area contributed by atoms with Crippen molar-refractivity contribution in [3.05, 3.63) is 29.3 Å². The van der Waals surface area contributed by atoms with Crippen LogP contribution < -0.4 is 10.6 Å². The van der Waals surface area contributed by atoms with Gasteiger partial charge in [0.25, 0.3) is 5.91 Å². The lowest BCUT2D eigenvalue weighted by Gasteiger charge is -2.20. The lowest BCUT2D eigenvalue weighted by molar-refractivity contribution is 0.0957. The first-order valence-electron chi connectivity index (χ1n) is 5.40. The van der Waals surface area contributed by atoms with Crippen LogP contribution in [0.2, 0.25) is 0 Å². The van der Waals surface area contributed by atoms with E-state index in [1.165, 1.54) is 0 Å². The van der Waals surface area contributed by atoms with E-state index in [-0.39, 0.29) is 12.5 Å². The Kier molecular flexibility index (Phi) is 3.11. The van der Waals surface area contributed by atoms with E-state index in [4.69, 9.17) is 6.42 Å². The normalized spacial score (nSPS) is 13.2. The number of hydrogen-bond acceptors (Lipinski definition) is 2. The van der Waals surface area contributed by atoms with Crippen LogP contribution in [0.4, 0.5) is 5.69 Å². The summed E-state index contributed by atoms with van der Waals surface area (Å²) in [7, 11) is 0. The zero-order chi connectivity index (χ0) is 11.4. The zero-order valence-electron chi connectivity index (χ0n) is 9.05. The maximum Gasteiger partial charge on any atom is 0.252 e. The molecule has 82 valence electrons. The Balaban J connectivity index is 2.27.